The minimum atomic E-state index is -4.53. The first kappa shape index (κ1) is 18.2. The molecule has 0 unspecified atom stereocenters. The average Bonchev–Trinajstić information content (AvgIpc) is 3.32. The summed E-state index contributed by atoms with van der Waals surface area (Å²) in [7, 11) is 0. The van der Waals surface area contributed by atoms with Crippen LogP contribution in [0.15, 0.2) is 59.5 Å². The first-order chi connectivity index (χ1) is 13.4. The van der Waals surface area contributed by atoms with Gasteiger partial charge in [0.15, 0.2) is 10.8 Å². The number of thiazole rings is 1. The lowest BCUT2D eigenvalue weighted by Crippen LogP contribution is -2.10. The summed E-state index contributed by atoms with van der Waals surface area (Å²) >= 11 is 1.46. The Hall–Kier alpha value is -3.20. The van der Waals surface area contributed by atoms with E-state index in [9.17, 15) is 13.2 Å². The van der Waals surface area contributed by atoms with Crippen molar-refractivity contribution in [1.82, 2.24) is 15.0 Å². The third kappa shape index (κ3) is 3.89. The van der Waals surface area contributed by atoms with Crippen molar-refractivity contribution >= 4 is 23.0 Å². The van der Waals surface area contributed by atoms with Gasteiger partial charge in [0.2, 0.25) is 5.95 Å². The molecule has 3 heterocycles. The zero-order valence-corrected chi connectivity index (χ0v) is 15.3. The van der Waals surface area contributed by atoms with Crippen LogP contribution in [0, 0.1) is 6.92 Å². The summed E-state index contributed by atoms with van der Waals surface area (Å²) in [5.74, 6) is 0.562. The molecule has 1 N–H and O–H groups in total. The summed E-state index contributed by atoms with van der Waals surface area (Å²) in [4.78, 5) is 12.7. The summed E-state index contributed by atoms with van der Waals surface area (Å²) in [5, 5.41) is 3.59. The maximum Gasteiger partial charge on any atom is 0.433 e. The van der Waals surface area contributed by atoms with Gasteiger partial charge in [-0.15, -0.1) is 11.3 Å². The van der Waals surface area contributed by atoms with E-state index in [1.54, 1.807) is 18.5 Å². The molecular weight excluding hydrogens is 389 g/mol. The maximum atomic E-state index is 12.8. The second-order valence-electron chi connectivity index (χ2n) is 5.98. The Morgan fingerprint density at radius 1 is 1.11 bits per heavy atom. The fourth-order valence-corrected chi connectivity index (χ4v) is 3.50. The molecule has 0 aliphatic carbocycles. The monoisotopic (exact) mass is 402 g/mol. The largest absolute Gasteiger partial charge is 0.462 e. The molecule has 142 valence electrons. The van der Waals surface area contributed by atoms with Gasteiger partial charge in [0.25, 0.3) is 0 Å². The maximum absolute atomic E-state index is 12.8. The number of aryl methyl sites for hydroxylation is 1. The Morgan fingerprint density at radius 3 is 2.71 bits per heavy atom. The van der Waals surface area contributed by atoms with Crippen LogP contribution in [0.3, 0.4) is 0 Å². The highest BCUT2D eigenvalue weighted by atomic mass is 32.1. The van der Waals surface area contributed by atoms with Crippen LogP contribution >= 0.6 is 11.3 Å². The van der Waals surface area contributed by atoms with Crippen molar-refractivity contribution in [3.63, 3.8) is 0 Å². The van der Waals surface area contributed by atoms with Crippen molar-refractivity contribution in [2.75, 3.05) is 5.32 Å². The topological polar surface area (TPSA) is 63.8 Å². The van der Waals surface area contributed by atoms with E-state index in [2.05, 4.69) is 20.3 Å². The fraction of sp³-hybridized carbons (Fsp3) is 0.105. The van der Waals surface area contributed by atoms with Crippen LogP contribution in [0.25, 0.3) is 21.2 Å². The summed E-state index contributed by atoms with van der Waals surface area (Å²) in [6, 6.07) is 10.0. The molecule has 0 fully saturated rings. The highest BCUT2D eigenvalue weighted by Crippen LogP contribution is 2.34. The van der Waals surface area contributed by atoms with E-state index in [4.69, 9.17) is 4.42 Å². The molecule has 0 aliphatic heterocycles. The van der Waals surface area contributed by atoms with Crippen LogP contribution in [0.1, 0.15) is 11.3 Å². The minimum Gasteiger partial charge on any atom is -0.462 e. The number of halogens is 3. The molecule has 0 aliphatic rings. The van der Waals surface area contributed by atoms with Crippen LogP contribution in [0.2, 0.25) is 0 Å². The molecule has 28 heavy (non-hydrogen) atoms. The molecule has 0 atom stereocenters. The van der Waals surface area contributed by atoms with E-state index >= 15 is 0 Å². The molecule has 9 heteroatoms. The number of aromatic nitrogens is 3. The first-order valence-corrected chi connectivity index (χ1v) is 8.99. The molecule has 0 saturated carbocycles. The van der Waals surface area contributed by atoms with Crippen molar-refractivity contribution in [1.29, 1.82) is 0 Å². The predicted octanol–water partition coefficient (Wildman–Crippen LogP) is 5.93. The smallest absolute Gasteiger partial charge is 0.433 e. The van der Waals surface area contributed by atoms with Crippen molar-refractivity contribution in [2.24, 2.45) is 0 Å². The molecule has 3 aromatic heterocycles. The summed E-state index contributed by atoms with van der Waals surface area (Å²) in [6.07, 6.45) is -0.127. The van der Waals surface area contributed by atoms with Gasteiger partial charge in [0.05, 0.1) is 11.1 Å². The quantitative estimate of drug-likeness (QED) is 0.458. The highest BCUT2D eigenvalue weighted by molar-refractivity contribution is 7.18. The summed E-state index contributed by atoms with van der Waals surface area (Å²) in [6.45, 7) is 1.90. The summed E-state index contributed by atoms with van der Waals surface area (Å²) < 4.78 is 43.9. The number of hydrogen-bond acceptors (Lipinski definition) is 6. The molecule has 5 nitrogen and oxygen atoms in total. The molecule has 0 bridgehead atoms. The Bertz CT molecular complexity index is 1110. The number of rotatable bonds is 4. The van der Waals surface area contributed by atoms with Gasteiger partial charge >= 0.3 is 6.18 Å². The van der Waals surface area contributed by atoms with Crippen LogP contribution in [-0.4, -0.2) is 15.0 Å². The van der Waals surface area contributed by atoms with Gasteiger partial charge in [-0.3, -0.25) is 0 Å². The fourth-order valence-electron chi connectivity index (χ4n) is 2.63. The first-order valence-electron chi connectivity index (χ1n) is 8.17. The van der Waals surface area contributed by atoms with Crippen molar-refractivity contribution in [3.8, 4) is 21.2 Å². The second kappa shape index (κ2) is 7.08. The third-order valence-electron chi connectivity index (χ3n) is 3.80. The van der Waals surface area contributed by atoms with E-state index in [1.807, 2.05) is 31.2 Å². The third-order valence-corrected chi connectivity index (χ3v) is 4.86. The van der Waals surface area contributed by atoms with Crippen LogP contribution in [0.5, 0.6) is 0 Å². The van der Waals surface area contributed by atoms with Gasteiger partial charge in [0.1, 0.15) is 5.69 Å². The van der Waals surface area contributed by atoms with E-state index in [0.29, 0.717) is 11.4 Å². The van der Waals surface area contributed by atoms with Gasteiger partial charge in [-0.05, 0) is 48.4 Å². The number of benzene rings is 1. The highest BCUT2D eigenvalue weighted by Gasteiger charge is 2.32. The number of alkyl halides is 3. The van der Waals surface area contributed by atoms with E-state index < -0.39 is 11.9 Å². The Balaban J connectivity index is 1.63. The van der Waals surface area contributed by atoms with Crippen LogP contribution < -0.4 is 5.32 Å². The summed E-state index contributed by atoms with van der Waals surface area (Å²) in [5.41, 5.74) is 1.40. The zero-order chi connectivity index (χ0) is 19.7. The predicted molar refractivity (Wildman–Crippen MR) is 100 cm³/mol. The standard InChI is InChI=1S/C19H13F3N4OS/c1-11-7-12(15-10-24-17(28-15)14-3-2-6-27-14)9-13(8-11)25-18-23-5-4-16(26-18)19(20,21)22/h2-10H,1H3,(H,23,25,26). The average molecular weight is 402 g/mol. The van der Waals surface area contributed by atoms with E-state index in [1.165, 1.54) is 11.3 Å². The lowest BCUT2D eigenvalue weighted by molar-refractivity contribution is -0.141. The molecule has 4 aromatic rings. The molecule has 4 rings (SSSR count). The molecule has 0 spiro atoms. The normalized spacial score (nSPS) is 11.6. The Kier molecular flexibility index (Phi) is 4.60. The molecule has 0 saturated heterocycles. The van der Waals surface area contributed by atoms with Gasteiger partial charge in [0, 0.05) is 18.1 Å². The zero-order valence-electron chi connectivity index (χ0n) is 14.5. The second-order valence-corrected chi connectivity index (χ2v) is 7.01. The Morgan fingerprint density at radius 2 is 1.96 bits per heavy atom. The van der Waals surface area contributed by atoms with E-state index in [-0.39, 0.29) is 5.95 Å². The van der Waals surface area contributed by atoms with Crippen LogP contribution in [0.4, 0.5) is 24.8 Å². The number of nitrogens with zero attached hydrogens (tertiary/aromatic N) is 3. The van der Waals surface area contributed by atoms with Gasteiger partial charge in [-0.2, -0.15) is 13.2 Å². The van der Waals surface area contributed by atoms with Crippen molar-refractivity contribution in [2.45, 2.75) is 13.1 Å². The molecule has 0 amide bonds. The molecular formula is C19H13F3N4OS. The van der Waals surface area contributed by atoms with Crippen molar-refractivity contribution in [3.05, 3.63) is 66.3 Å². The number of nitrogens with one attached hydrogen (secondary N) is 1. The minimum absolute atomic E-state index is 0.119. The SMILES string of the molecule is Cc1cc(Nc2nccc(C(F)(F)F)n2)cc(-c2cnc(-c3ccco3)s2)c1. The van der Waals surface area contributed by atoms with Gasteiger partial charge < -0.3 is 9.73 Å². The van der Waals surface area contributed by atoms with Gasteiger partial charge in [-0.1, -0.05) is 6.07 Å². The lowest BCUT2D eigenvalue weighted by atomic mass is 10.1. The molecule has 1 aromatic carbocycles. The van der Waals surface area contributed by atoms with Crippen molar-refractivity contribution < 1.29 is 17.6 Å². The number of anilines is 2. The number of furan rings is 1. The van der Waals surface area contributed by atoms with Gasteiger partial charge in [-0.25, -0.2) is 15.0 Å². The lowest BCUT2D eigenvalue weighted by Gasteiger charge is -2.10. The molecule has 0 radical (unpaired) electrons. The Labute approximate surface area is 161 Å². The van der Waals surface area contributed by atoms with E-state index in [0.717, 1.165) is 33.3 Å². The number of hydrogen-bond donors (Lipinski definition) is 1. The van der Waals surface area contributed by atoms with Crippen LogP contribution in [-0.2, 0) is 6.18 Å².